The maximum atomic E-state index is 15.2. The van der Waals surface area contributed by atoms with Crippen LogP contribution in [0.15, 0.2) is 53.4 Å². The molecule has 4 rings (SSSR count). The molecule has 0 fully saturated rings. The molecule has 2 N–H and O–H groups in total. The Morgan fingerprint density at radius 1 is 1.12 bits per heavy atom. The minimum Gasteiger partial charge on any atom is -0.394 e. The first-order valence-corrected chi connectivity index (χ1v) is 14.2. The summed E-state index contributed by atoms with van der Waals surface area (Å²) in [6.45, 7) is 0.819. The van der Waals surface area contributed by atoms with Gasteiger partial charge in [0.25, 0.3) is 5.91 Å². The van der Waals surface area contributed by atoms with E-state index in [0.29, 0.717) is 5.56 Å². The molecule has 4 aromatic rings. The number of aliphatic hydroxyl groups excluding tert-OH is 1. The van der Waals surface area contributed by atoms with Crippen molar-refractivity contribution in [2.75, 3.05) is 19.0 Å². The highest BCUT2D eigenvalue weighted by atomic mass is 32.2. The van der Waals surface area contributed by atoms with Gasteiger partial charge in [-0.1, -0.05) is 19.1 Å². The molecule has 0 saturated carbocycles. The molecule has 14 heteroatoms. The van der Waals surface area contributed by atoms with Gasteiger partial charge in [0, 0.05) is 11.1 Å². The number of amides is 1. The van der Waals surface area contributed by atoms with Crippen molar-refractivity contribution in [3.8, 4) is 0 Å². The molecule has 2 aromatic carbocycles. The maximum absolute atomic E-state index is 15.2. The summed E-state index contributed by atoms with van der Waals surface area (Å²) in [6.07, 6.45) is -4.68. The molecule has 2 heterocycles. The molecule has 0 spiro atoms. The number of sulfone groups is 1. The zero-order chi connectivity index (χ0) is 30.1. The minimum absolute atomic E-state index is 0.0736. The first-order valence-electron chi connectivity index (χ1n) is 12.5. The molecule has 0 unspecified atom stereocenters. The number of alkyl halides is 4. The number of aromatic nitrogens is 3. The van der Waals surface area contributed by atoms with Gasteiger partial charge in [-0.2, -0.15) is 18.3 Å². The second kappa shape index (κ2) is 11.6. The number of hydrogen-bond acceptors (Lipinski definition) is 5. The molecule has 8 nitrogen and oxygen atoms in total. The van der Waals surface area contributed by atoms with Crippen LogP contribution in [0.25, 0.3) is 10.9 Å². The Kier molecular flexibility index (Phi) is 8.54. The number of aryl methyl sites for hydroxylation is 2. The average Bonchev–Trinajstić information content (AvgIpc) is 3.46. The third kappa shape index (κ3) is 6.27. The molecule has 2 aromatic heterocycles. The number of fused-ring (bicyclic) bond motifs is 1. The van der Waals surface area contributed by atoms with Gasteiger partial charge in [-0.05, 0) is 48.9 Å². The lowest BCUT2D eigenvalue weighted by Gasteiger charge is -2.18. The van der Waals surface area contributed by atoms with Crippen LogP contribution in [0.1, 0.15) is 46.0 Å². The number of rotatable bonds is 10. The topological polar surface area (TPSA) is 106 Å². The van der Waals surface area contributed by atoms with Crippen LogP contribution in [0.4, 0.5) is 22.0 Å². The molecule has 1 atom stereocenters. The van der Waals surface area contributed by atoms with E-state index in [4.69, 9.17) is 0 Å². The number of hydrogen-bond donors (Lipinski definition) is 2. The van der Waals surface area contributed by atoms with Crippen LogP contribution < -0.4 is 5.32 Å². The Balaban J connectivity index is 1.66. The van der Waals surface area contributed by atoms with Gasteiger partial charge in [-0.3, -0.25) is 9.48 Å². The molecule has 1 amide bonds. The summed E-state index contributed by atoms with van der Waals surface area (Å²) in [5.74, 6) is -1.96. The predicted molar refractivity (Wildman–Crippen MR) is 140 cm³/mol. The van der Waals surface area contributed by atoms with E-state index in [1.807, 2.05) is 0 Å². The van der Waals surface area contributed by atoms with Crippen molar-refractivity contribution in [3.05, 3.63) is 82.6 Å². The molecule has 41 heavy (non-hydrogen) atoms. The van der Waals surface area contributed by atoms with Crippen LogP contribution in [0, 0.1) is 12.7 Å². The second-order valence-corrected chi connectivity index (χ2v) is 11.7. The molecule has 0 bridgehead atoms. The summed E-state index contributed by atoms with van der Waals surface area (Å²) in [6, 6.07) is 9.08. The second-order valence-electron chi connectivity index (χ2n) is 9.37. The highest BCUT2D eigenvalue weighted by Gasteiger charge is 2.35. The van der Waals surface area contributed by atoms with Gasteiger partial charge < -0.3 is 15.0 Å². The van der Waals surface area contributed by atoms with E-state index in [9.17, 15) is 35.9 Å². The van der Waals surface area contributed by atoms with Gasteiger partial charge in [0.15, 0.2) is 9.84 Å². The molecular weight excluding hydrogens is 571 g/mol. The Bertz CT molecular complexity index is 1680. The van der Waals surface area contributed by atoms with Crippen molar-refractivity contribution in [1.82, 2.24) is 19.7 Å². The summed E-state index contributed by atoms with van der Waals surface area (Å²) in [7, 11) is -3.46. The molecular formula is C27H27F5N4O4S. The van der Waals surface area contributed by atoms with E-state index in [0.717, 1.165) is 16.8 Å². The number of carbonyl (C=O) groups excluding carboxylic acids is 1. The molecule has 220 valence electrons. The quantitative estimate of drug-likeness (QED) is 0.260. The third-order valence-electron chi connectivity index (χ3n) is 6.64. The molecule has 0 aliphatic rings. The monoisotopic (exact) mass is 598 g/mol. The smallest absolute Gasteiger partial charge is 0.394 e. The van der Waals surface area contributed by atoms with E-state index in [1.54, 1.807) is 0 Å². The van der Waals surface area contributed by atoms with Gasteiger partial charge in [-0.25, -0.2) is 17.2 Å². The summed E-state index contributed by atoms with van der Waals surface area (Å²) in [5.41, 5.74) is -0.488. The van der Waals surface area contributed by atoms with Crippen LogP contribution in [0.2, 0.25) is 0 Å². The van der Waals surface area contributed by atoms with E-state index in [1.165, 1.54) is 54.8 Å². The zero-order valence-electron chi connectivity index (χ0n) is 22.0. The largest absolute Gasteiger partial charge is 0.433 e. The van der Waals surface area contributed by atoms with Crippen molar-refractivity contribution in [2.45, 2.75) is 44.1 Å². The number of aliphatic hydroxyl groups is 1. The van der Waals surface area contributed by atoms with Crippen LogP contribution in [-0.2, 0) is 29.1 Å². The minimum atomic E-state index is -4.68. The summed E-state index contributed by atoms with van der Waals surface area (Å²) < 4.78 is 95.2. The lowest BCUT2D eigenvalue weighted by atomic mass is 10.1. The fraction of sp³-hybridized carbons (Fsp3) is 0.333. The highest BCUT2D eigenvalue weighted by Crippen LogP contribution is 2.31. The fourth-order valence-corrected chi connectivity index (χ4v) is 5.47. The first kappa shape index (κ1) is 30.2. The van der Waals surface area contributed by atoms with Crippen molar-refractivity contribution >= 4 is 26.6 Å². The Labute approximate surface area is 232 Å². The van der Waals surface area contributed by atoms with E-state index >= 15 is 4.39 Å². The number of nitrogens with one attached hydrogen (secondary N) is 1. The summed E-state index contributed by atoms with van der Waals surface area (Å²) >= 11 is 0. The van der Waals surface area contributed by atoms with Crippen LogP contribution in [-0.4, -0.2) is 52.8 Å². The number of benzene rings is 2. The van der Waals surface area contributed by atoms with Crippen LogP contribution >= 0.6 is 0 Å². The van der Waals surface area contributed by atoms with Crippen molar-refractivity contribution in [1.29, 1.82) is 0 Å². The fourth-order valence-electron chi connectivity index (χ4n) is 4.59. The molecule has 0 aliphatic heterocycles. The molecule has 0 saturated heterocycles. The van der Waals surface area contributed by atoms with Gasteiger partial charge in [0.05, 0.1) is 53.2 Å². The molecule has 0 aliphatic carbocycles. The van der Waals surface area contributed by atoms with Gasteiger partial charge in [0.2, 0.25) is 0 Å². The van der Waals surface area contributed by atoms with Crippen molar-refractivity contribution < 1.29 is 40.3 Å². The predicted octanol–water partition coefficient (Wildman–Crippen LogP) is 4.58. The Morgan fingerprint density at radius 2 is 1.80 bits per heavy atom. The van der Waals surface area contributed by atoms with Crippen molar-refractivity contribution in [3.63, 3.8) is 0 Å². The first-order chi connectivity index (χ1) is 19.3. The lowest BCUT2D eigenvalue weighted by molar-refractivity contribution is -0.144. The third-order valence-corrected chi connectivity index (χ3v) is 8.39. The van der Waals surface area contributed by atoms with Gasteiger partial charge >= 0.3 is 6.18 Å². The van der Waals surface area contributed by atoms with Crippen LogP contribution in [0.5, 0.6) is 0 Å². The standard InChI is InChI=1S/C27H27F5N4O4S/c1-3-41(39,40)20-6-4-17(5-7-20)23(15-37)33-26(38)21-12-18-11-19(35(9-8-28)24(18)13-22(21)29)14-36-25(27(30,31)32)10-16(2)34-36/h4-7,10-13,23,37H,3,8-9,14-15H2,1-2H3,(H,33,38)/t23-/m0/s1. The lowest BCUT2D eigenvalue weighted by Crippen LogP contribution is -2.31. The molecule has 0 radical (unpaired) electrons. The average molecular weight is 599 g/mol. The highest BCUT2D eigenvalue weighted by molar-refractivity contribution is 7.91. The summed E-state index contributed by atoms with van der Waals surface area (Å²) in [5, 5.41) is 16.5. The van der Waals surface area contributed by atoms with Crippen LogP contribution in [0.3, 0.4) is 0 Å². The number of nitrogens with zero attached hydrogens (tertiary/aromatic N) is 3. The van der Waals surface area contributed by atoms with Crippen molar-refractivity contribution in [2.24, 2.45) is 0 Å². The Morgan fingerprint density at radius 3 is 2.39 bits per heavy atom. The van der Waals surface area contributed by atoms with Gasteiger partial charge in [0.1, 0.15) is 18.2 Å². The van der Waals surface area contributed by atoms with E-state index in [2.05, 4.69) is 10.4 Å². The number of halogens is 5. The number of carbonyl (C=O) groups is 1. The van der Waals surface area contributed by atoms with Gasteiger partial charge in [-0.15, -0.1) is 0 Å². The van der Waals surface area contributed by atoms with E-state index < -0.39 is 58.3 Å². The van der Waals surface area contributed by atoms with E-state index in [-0.39, 0.29) is 46.0 Å². The maximum Gasteiger partial charge on any atom is 0.433 e. The Hall–Kier alpha value is -3.78. The SMILES string of the molecule is CCS(=O)(=O)c1ccc([C@H](CO)NC(=O)c2cc3cc(Cn4nc(C)cc4C(F)(F)F)n(CCF)c3cc2F)cc1. The normalized spacial score (nSPS) is 13.1. The zero-order valence-corrected chi connectivity index (χ0v) is 22.9. The summed E-state index contributed by atoms with van der Waals surface area (Å²) in [4.78, 5) is 13.1.